The first-order valence-electron chi connectivity index (χ1n) is 6.73. The van der Waals surface area contributed by atoms with Gasteiger partial charge in [-0.05, 0) is 30.1 Å². The van der Waals surface area contributed by atoms with Crippen LogP contribution in [0.3, 0.4) is 0 Å². The molecule has 1 aromatic rings. The molecule has 2 aliphatic rings. The summed E-state index contributed by atoms with van der Waals surface area (Å²) < 4.78 is 1.36. The van der Waals surface area contributed by atoms with E-state index in [1.54, 1.807) is 7.05 Å². The molecule has 2 aliphatic carbocycles. The SMILES string of the molecule is Cn1c([N+](=O)[O-])cnc1CC1([N+](=O)[O-])CC2CCC1C2. The number of fused-ring (bicyclic) bond motifs is 2. The van der Waals surface area contributed by atoms with Crippen molar-refractivity contribution in [2.45, 2.75) is 37.6 Å². The second kappa shape index (κ2) is 4.26. The molecule has 0 spiro atoms. The quantitative estimate of drug-likeness (QED) is 0.616. The van der Waals surface area contributed by atoms with E-state index >= 15 is 0 Å². The van der Waals surface area contributed by atoms with E-state index in [1.165, 1.54) is 10.8 Å². The minimum atomic E-state index is -0.976. The number of hydrogen-bond acceptors (Lipinski definition) is 5. The average Bonchev–Trinajstić information content (AvgIpc) is 3.05. The van der Waals surface area contributed by atoms with Gasteiger partial charge in [0, 0.05) is 17.3 Å². The Kier molecular flexibility index (Phi) is 2.77. The lowest BCUT2D eigenvalue weighted by Gasteiger charge is -2.28. The number of rotatable bonds is 4. The molecular weight excluding hydrogens is 264 g/mol. The van der Waals surface area contributed by atoms with E-state index < -0.39 is 10.5 Å². The van der Waals surface area contributed by atoms with Crippen molar-refractivity contribution in [3.63, 3.8) is 0 Å². The van der Waals surface area contributed by atoms with Gasteiger partial charge < -0.3 is 10.1 Å². The molecule has 2 saturated carbocycles. The predicted molar refractivity (Wildman–Crippen MR) is 68.7 cm³/mol. The molecule has 3 unspecified atom stereocenters. The Morgan fingerprint density at radius 2 is 2.20 bits per heavy atom. The van der Waals surface area contributed by atoms with Crippen molar-refractivity contribution in [1.29, 1.82) is 0 Å². The molecule has 3 rings (SSSR count). The highest BCUT2D eigenvalue weighted by atomic mass is 16.6. The van der Waals surface area contributed by atoms with Crippen LogP contribution < -0.4 is 0 Å². The third kappa shape index (κ3) is 1.70. The highest BCUT2D eigenvalue weighted by Gasteiger charge is 2.60. The second-order valence-electron chi connectivity index (χ2n) is 5.97. The number of imidazole rings is 1. The maximum Gasteiger partial charge on any atom is 0.342 e. The van der Waals surface area contributed by atoms with E-state index in [0.29, 0.717) is 18.2 Å². The minimum absolute atomic E-state index is 0.0817. The molecular formula is C12H16N4O4. The highest BCUT2D eigenvalue weighted by Crippen LogP contribution is 2.53. The van der Waals surface area contributed by atoms with Gasteiger partial charge in [-0.1, -0.05) is 0 Å². The highest BCUT2D eigenvalue weighted by molar-refractivity contribution is 5.20. The molecule has 0 saturated heterocycles. The van der Waals surface area contributed by atoms with Crippen LogP contribution in [0.15, 0.2) is 6.20 Å². The Labute approximate surface area is 115 Å². The average molecular weight is 280 g/mol. The first-order chi connectivity index (χ1) is 9.44. The van der Waals surface area contributed by atoms with Crippen molar-refractivity contribution in [3.05, 3.63) is 32.2 Å². The Balaban J connectivity index is 1.92. The summed E-state index contributed by atoms with van der Waals surface area (Å²) >= 11 is 0. The molecule has 2 fully saturated rings. The zero-order valence-electron chi connectivity index (χ0n) is 11.2. The Bertz CT molecular complexity index is 584. The van der Waals surface area contributed by atoms with E-state index in [9.17, 15) is 20.2 Å². The van der Waals surface area contributed by atoms with E-state index in [-0.39, 0.29) is 23.1 Å². The molecule has 108 valence electrons. The number of hydrogen-bond donors (Lipinski definition) is 0. The molecule has 2 bridgehead atoms. The van der Waals surface area contributed by atoms with E-state index in [2.05, 4.69) is 4.98 Å². The van der Waals surface area contributed by atoms with Crippen molar-refractivity contribution < 1.29 is 9.85 Å². The molecule has 3 atom stereocenters. The smallest absolute Gasteiger partial charge is 0.342 e. The number of nitrogens with zero attached hydrogens (tertiary/aromatic N) is 4. The topological polar surface area (TPSA) is 104 Å². The van der Waals surface area contributed by atoms with E-state index in [0.717, 1.165) is 19.3 Å². The molecule has 20 heavy (non-hydrogen) atoms. The molecule has 0 amide bonds. The molecule has 1 heterocycles. The second-order valence-corrected chi connectivity index (χ2v) is 5.97. The summed E-state index contributed by atoms with van der Waals surface area (Å²) in [5, 5.41) is 22.4. The van der Waals surface area contributed by atoms with Crippen LogP contribution in [0.25, 0.3) is 0 Å². The summed E-state index contributed by atoms with van der Waals surface area (Å²) in [4.78, 5) is 25.8. The van der Waals surface area contributed by atoms with E-state index in [1.807, 2.05) is 0 Å². The normalized spacial score (nSPS) is 31.6. The van der Waals surface area contributed by atoms with Crippen LogP contribution in [-0.4, -0.2) is 24.9 Å². The van der Waals surface area contributed by atoms with Crippen LogP contribution in [0.5, 0.6) is 0 Å². The predicted octanol–water partition coefficient (Wildman–Crippen LogP) is 1.71. The van der Waals surface area contributed by atoms with Crippen molar-refractivity contribution in [2.75, 3.05) is 0 Å². The van der Waals surface area contributed by atoms with Gasteiger partial charge in [0.05, 0.1) is 13.5 Å². The number of nitro groups is 2. The lowest BCUT2D eigenvalue weighted by molar-refractivity contribution is -0.580. The first-order valence-corrected chi connectivity index (χ1v) is 6.73. The first kappa shape index (κ1) is 13.0. The zero-order chi connectivity index (χ0) is 14.5. The van der Waals surface area contributed by atoms with Gasteiger partial charge in [-0.2, -0.15) is 0 Å². The van der Waals surface area contributed by atoms with Crippen molar-refractivity contribution >= 4 is 5.82 Å². The van der Waals surface area contributed by atoms with Crippen molar-refractivity contribution in [3.8, 4) is 0 Å². The fourth-order valence-corrected chi connectivity index (χ4v) is 3.96. The Morgan fingerprint density at radius 1 is 1.45 bits per heavy atom. The molecule has 8 heteroatoms. The van der Waals surface area contributed by atoms with Crippen molar-refractivity contribution in [1.82, 2.24) is 9.55 Å². The van der Waals surface area contributed by atoms with Gasteiger partial charge in [0.15, 0.2) is 0 Å². The molecule has 8 nitrogen and oxygen atoms in total. The third-order valence-electron chi connectivity index (χ3n) is 5.02. The third-order valence-corrected chi connectivity index (χ3v) is 5.02. The zero-order valence-corrected chi connectivity index (χ0v) is 11.2. The maximum atomic E-state index is 11.6. The standard InChI is InChI=1S/C12H16N4O4/c1-14-10(13-7-11(14)15(17)18)6-12(16(19)20)5-8-2-3-9(12)4-8/h7-9H,2-6H2,1H3. The lowest BCUT2D eigenvalue weighted by Crippen LogP contribution is -2.46. The van der Waals surface area contributed by atoms with Crippen LogP contribution in [0.4, 0.5) is 5.82 Å². The fourth-order valence-electron chi connectivity index (χ4n) is 3.96. The van der Waals surface area contributed by atoms with Gasteiger partial charge in [-0.3, -0.25) is 10.1 Å². The monoisotopic (exact) mass is 280 g/mol. The van der Waals surface area contributed by atoms with Crippen LogP contribution >= 0.6 is 0 Å². The van der Waals surface area contributed by atoms with Crippen LogP contribution in [0.2, 0.25) is 0 Å². The summed E-state index contributed by atoms with van der Waals surface area (Å²) in [6.07, 6.45) is 4.81. The molecule has 0 N–H and O–H groups in total. The Morgan fingerprint density at radius 3 is 2.65 bits per heavy atom. The van der Waals surface area contributed by atoms with Crippen LogP contribution in [0, 0.1) is 32.1 Å². The largest absolute Gasteiger partial charge is 0.358 e. The lowest BCUT2D eigenvalue weighted by atomic mass is 9.79. The molecule has 0 aliphatic heterocycles. The fraction of sp³-hybridized carbons (Fsp3) is 0.750. The minimum Gasteiger partial charge on any atom is -0.358 e. The van der Waals surface area contributed by atoms with Gasteiger partial charge in [0.2, 0.25) is 11.4 Å². The summed E-state index contributed by atoms with van der Waals surface area (Å²) in [5.41, 5.74) is -0.976. The van der Waals surface area contributed by atoms with Gasteiger partial charge >= 0.3 is 5.82 Å². The molecule has 1 aromatic heterocycles. The van der Waals surface area contributed by atoms with Crippen LogP contribution in [-0.2, 0) is 13.5 Å². The summed E-state index contributed by atoms with van der Waals surface area (Å²) in [6.45, 7) is 0. The van der Waals surface area contributed by atoms with E-state index in [4.69, 9.17) is 0 Å². The van der Waals surface area contributed by atoms with Gasteiger partial charge in [-0.15, -0.1) is 0 Å². The Hall–Kier alpha value is -1.99. The summed E-state index contributed by atoms with van der Waals surface area (Å²) in [7, 11) is 1.54. The van der Waals surface area contributed by atoms with Crippen molar-refractivity contribution in [2.24, 2.45) is 18.9 Å². The van der Waals surface area contributed by atoms with Gasteiger partial charge in [0.25, 0.3) is 0 Å². The molecule has 0 aromatic carbocycles. The van der Waals surface area contributed by atoms with Gasteiger partial charge in [0.1, 0.15) is 6.20 Å². The van der Waals surface area contributed by atoms with Gasteiger partial charge in [-0.25, -0.2) is 9.55 Å². The number of aromatic nitrogens is 2. The van der Waals surface area contributed by atoms with Crippen LogP contribution in [0.1, 0.15) is 31.5 Å². The summed E-state index contributed by atoms with van der Waals surface area (Å²) in [5.74, 6) is 0.821. The maximum absolute atomic E-state index is 11.6. The molecule has 0 radical (unpaired) electrons. The summed E-state index contributed by atoms with van der Waals surface area (Å²) in [6, 6.07) is 0.